The van der Waals surface area contributed by atoms with Crippen LogP contribution in [0.3, 0.4) is 0 Å². The topological polar surface area (TPSA) is 38.1 Å². The van der Waals surface area contributed by atoms with E-state index in [2.05, 4.69) is 44.8 Å². The van der Waals surface area contributed by atoms with E-state index in [0.29, 0.717) is 24.3 Å². The molecule has 0 saturated heterocycles. The fraction of sp³-hybridized carbons (Fsp3) is 0.524. The van der Waals surface area contributed by atoms with E-state index in [1.165, 1.54) is 24.1 Å². The molecule has 5 rings (SSSR count). The van der Waals surface area contributed by atoms with Crippen molar-refractivity contribution in [2.24, 2.45) is 17.8 Å². The second-order valence-corrected chi connectivity index (χ2v) is 7.92. The molecule has 2 aromatic rings. The second-order valence-electron chi connectivity index (χ2n) is 7.92. The third-order valence-corrected chi connectivity index (χ3v) is 6.17. The van der Waals surface area contributed by atoms with Crippen LogP contribution in [0.2, 0.25) is 0 Å². The molecular weight excluding hydrogens is 310 g/mol. The predicted molar refractivity (Wildman–Crippen MR) is 95.8 cm³/mol. The van der Waals surface area contributed by atoms with Crippen LogP contribution in [0.4, 0.5) is 0 Å². The maximum Gasteiger partial charge on any atom is 0.226 e. The number of nitrogens with zero attached hydrogens (tertiary/aromatic N) is 3. The van der Waals surface area contributed by atoms with Crippen LogP contribution >= 0.6 is 0 Å². The Morgan fingerprint density at radius 3 is 2.84 bits per heavy atom. The second kappa shape index (κ2) is 6.01. The number of benzene rings is 1. The van der Waals surface area contributed by atoms with Crippen molar-refractivity contribution in [2.75, 3.05) is 6.54 Å². The van der Waals surface area contributed by atoms with E-state index >= 15 is 0 Å². The number of hydrogen-bond donors (Lipinski definition) is 0. The monoisotopic (exact) mass is 335 g/mol. The van der Waals surface area contributed by atoms with Gasteiger partial charge in [0.25, 0.3) is 0 Å². The van der Waals surface area contributed by atoms with Gasteiger partial charge in [-0.1, -0.05) is 30.3 Å². The number of imidazole rings is 1. The van der Waals surface area contributed by atoms with E-state index in [1.807, 2.05) is 6.33 Å². The molecule has 2 aliphatic carbocycles. The van der Waals surface area contributed by atoms with E-state index < -0.39 is 0 Å². The molecule has 2 fully saturated rings. The Hall–Kier alpha value is -2.10. The molecule has 3 aliphatic rings. The van der Waals surface area contributed by atoms with Crippen LogP contribution in [-0.2, 0) is 30.7 Å². The van der Waals surface area contributed by atoms with Crippen molar-refractivity contribution in [1.82, 2.24) is 14.5 Å². The number of fused-ring (bicyclic) bond motifs is 1. The van der Waals surface area contributed by atoms with E-state index in [-0.39, 0.29) is 0 Å². The van der Waals surface area contributed by atoms with Gasteiger partial charge in [-0.25, -0.2) is 4.98 Å². The molecule has 4 nitrogen and oxygen atoms in total. The van der Waals surface area contributed by atoms with Crippen molar-refractivity contribution in [2.45, 2.75) is 45.2 Å². The lowest BCUT2D eigenvalue weighted by atomic mass is 10.1. The minimum atomic E-state index is 0.328. The summed E-state index contributed by atoms with van der Waals surface area (Å²) in [7, 11) is 0. The van der Waals surface area contributed by atoms with Gasteiger partial charge >= 0.3 is 0 Å². The van der Waals surface area contributed by atoms with Gasteiger partial charge in [-0.3, -0.25) is 4.79 Å². The van der Waals surface area contributed by atoms with Gasteiger partial charge in [0, 0.05) is 31.1 Å². The zero-order valence-electron chi connectivity index (χ0n) is 14.6. The number of aromatic nitrogens is 2. The van der Waals surface area contributed by atoms with Crippen LogP contribution in [0.5, 0.6) is 0 Å². The fourth-order valence-corrected chi connectivity index (χ4v) is 4.42. The Morgan fingerprint density at radius 2 is 2.04 bits per heavy atom. The van der Waals surface area contributed by atoms with Crippen molar-refractivity contribution in [3.63, 3.8) is 0 Å². The third kappa shape index (κ3) is 2.99. The normalized spacial score (nSPS) is 24.9. The van der Waals surface area contributed by atoms with E-state index in [4.69, 9.17) is 0 Å². The molecule has 130 valence electrons. The number of amides is 1. The van der Waals surface area contributed by atoms with E-state index in [1.54, 1.807) is 0 Å². The van der Waals surface area contributed by atoms with Crippen LogP contribution in [0.15, 0.2) is 36.7 Å². The molecule has 25 heavy (non-hydrogen) atoms. The number of carbonyl (C=O) groups is 1. The zero-order chi connectivity index (χ0) is 16.8. The van der Waals surface area contributed by atoms with E-state index in [9.17, 15) is 4.79 Å². The summed E-state index contributed by atoms with van der Waals surface area (Å²) in [4.78, 5) is 19.4. The first-order valence-electron chi connectivity index (χ1n) is 9.65. The molecule has 2 heterocycles. The molecular formula is C21H25N3O. The van der Waals surface area contributed by atoms with Crippen molar-refractivity contribution in [3.05, 3.63) is 53.6 Å². The van der Waals surface area contributed by atoms with Crippen LogP contribution in [0, 0.1) is 17.8 Å². The molecule has 2 atom stereocenters. The summed E-state index contributed by atoms with van der Waals surface area (Å²) in [5, 5.41) is 0. The largest absolute Gasteiger partial charge is 0.336 e. The quantitative estimate of drug-likeness (QED) is 0.842. The smallest absolute Gasteiger partial charge is 0.226 e. The Bertz CT molecular complexity index is 778. The standard InChI is InChI=1S/C21H25N3O/c25-21(18-12-17(18)16-6-7-16)23-11-9-20-19(13-23)22-14-24(20)10-8-15-4-2-1-3-5-15/h1-5,14,16-18H,6-13H2/t17-,18+/m0/s1. The summed E-state index contributed by atoms with van der Waals surface area (Å²) in [6, 6.07) is 10.6. The van der Waals surface area contributed by atoms with Gasteiger partial charge in [0.05, 0.1) is 18.6 Å². The fourth-order valence-electron chi connectivity index (χ4n) is 4.42. The maximum atomic E-state index is 12.7. The summed E-state index contributed by atoms with van der Waals surface area (Å²) >= 11 is 0. The lowest BCUT2D eigenvalue weighted by Gasteiger charge is -2.27. The highest BCUT2D eigenvalue weighted by Crippen LogP contribution is 2.55. The number of aryl methyl sites for hydroxylation is 2. The minimum absolute atomic E-state index is 0.328. The number of carbonyl (C=O) groups excluding carboxylic acids is 1. The molecule has 2 saturated carbocycles. The molecule has 0 bridgehead atoms. The predicted octanol–water partition coefficient (Wildman–Crippen LogP) is 3.06. The summed E-state index contributed by atoms with van der Waals surface area (Å²) in [6.07, 6.45) is 7.77. The Balaban J connectivity index is 1.22. The Labute approximate surface area is 148 Å². The number of rotatable bonds is 5. The highest BCUT2D eigenvalue weighted by atomic mass is 16.2. The molecule has 1 aliphatic heterocycles. The van der Waals surface area contributed by atoms with Crippen LogP contribution in [-0.4, -0.2) is 26.9 Å². The van der Waals surface area contributed by atoms with Gasteiger partial charge in [0.1, 0.15) is 0 Å². The lowest BCUT2D eigenvalue weighted by Crippen LogP contribution is -2.37. The van der Waals surface area contributed by atoms with Crippen molar-refractivity contribution in [1.29, 1.82) is 0 Å². The molecule has 0 radical (unpaired) electrons. The first kappa shape index (κ1) is 15.2. The van der Waals surface area contributed by atoms with Gasteiger partial charge in [-0.05, 0) is 43.1 Å². The zero-order valence-corrected chi connectivity index (χ0v) is 14.6. The average molecular weight is 335 g/mol. The molecule has 0 spiro atoms. The average Bonchev–Trinajstić information content (AvgIpc) is 3.55. The first-order chi connectivity index (χ1) is 12.3. The van der Waals surface area contributed by atoms with Crippen molar-refractivity contribution < 1.29 is 4.79 Å². The first-order valence-corrected chi connectivity index (χ1v) is 9.65. The number of hydrogen-bond acceptors (Lipinski definition) is 2. The molecule has 1 aromatic carbocycles. The highest BCUT2D eigenvalue weighted by Gasteiger charge is 2.52. The molecule has 4 heteroatoms. The van der Waals surface area contributed by atoms with Crippen molar-refractivity contribution >= 4 is 5.91 Å². The van der Waals surface area contributed by atoms with Crippen molar-refractivity contribution in [3.8, 4) is 0 Å². The molecule has 1 aromatic heterocycles. The van der Waals surface area contributed by atoms with Crippen LogP contribution in [0.25, 0.3) is 0 Å². The minimum Gasteiger partial charge on any atom is -0.336 e. The lowest BCUT2D eigenvalue weighted by molar-refractivity contribution is -0.134. The molecule has 0 N–H and O–H groups in total. The van der Waals surface area contributed by atoms with E-state index in [0.717, 1.165) is 44.0 Å². The van der Waals surface area contributed by atoms with Gasteiger partial charge in [0.15, 0.2) is 0 Å². The summed E-state index contributed by atoms with van der Waals surface area (Å²) in [5.74, 6) is 2.29. The van der Waals surface area contributed by atoms with Crippen LogP contribution in [0.1, 0.15) is 36.2 Å². The van der Waals surface area contributed by atoms with Gasteiger partial charge in [-0.15, -0.1) is 0 Å². The highest BCUT2D eigenvalue weighted by molar-refractivity contribution is 5.82. The van der Waals surface area contributed by atoms with Gasteiger partial charge in [-0.2, -0.15) is 0 Å². The van der Waals surface area contributed by atoms with Crippen LogP contribution < -0.4 is 0 Å². The summed E-state index contributed by atoms with van der Waals surface area (Å²) in [5.41, 5.74) is 3.79. The Kier molecular flexibility index (Phi) is 3.65. The third-order valence-electron chi connectivity index (χ3n) is 6.17. The Morgan fingerprint density at radius 1 is 1.20 bits per heavy atom. The maximum absolute atomic E-state index is 12.7. The van der Waals surface area contributed by atoms with Gasteiger partial charge in [0.2, 0.25) is 5.91 Å². The summed E-state index contributed by atoms with van der Waals surface area (Å²) in [6.45, 7) is 2.53. The SMILES string of the molecule is O=C([C@@H]1C[C@H]1C1CC1)N1CCc2c(ncn2CCc2ccccc2)C1. The molecule has 0 unspecified atom stereocenters. The molecule has 1 amide bonds. The van der Waals surface area contributed by atoms with Gasteiger partial charge < -0.3 is 9.47 Å². The summed E-state index contributed by atoms with van der Waals surface area (Å²) < 4.78 is 2.29.